The van der Waals surface area contributed by atoms with Gasteiger partial charge in [0.2, 0.25) is 5.78 Å². The minimum Gasteiger partial charge on any atom is -0.319 e. The van der Waals surface area contributed by atoms with Gasteiger partial charge < -0.3 is 5.32 Å². The molecule has 1 amide bonds. The van der Waals surface area contributed by atoms with Crippen molar-refractivity contribution in [2.45, 2.75) is 69.6 Å². The van der Waals surface area contributed by atoms with Gasteiger partial charge in [0.15, 0.2) is 5.78 Å². The minimum absolute atomic E-state index is 0.264. The Balaban J connectivity index is 1.42. The Labute approximate surface area is 195 Å². The number of thioether (sulfide) groups is 1. The van der Waals surface area contributed by atoms with Gasteiger partial charge in [0, 0.05) is 21.9 Å². The van der Waals surface area contributed by atoms with Crippen LogP contribution >= 0.6 is 11.8 Å². The number of hydrogen-bond acceptors (Lipinski definition) is 4. The van der Waals surface area contributed by atoms with Crippen molar-refractivity contribution in [2.75, 3.05) is 11.1 Å². The molecule has 3 rings (SSSR count). The van der Waals surface area contributed by atoms with Crippen molar-refractivity contribution in [1.29, 1.82) is 0 Å². The van der Waals surface area contributed by atoms with E-state index in [1.807, 2.05) is 36.4 Å². The highest BCUT2D eigenvalue weighted by atomic mass is 32.2. The molecule has 2 aromatic rings. The van der Waals surface area contributed by atoms with E-state index in [9.17, 15) is 14.4 Å². The molecular weight excluding hydrogens is 418 g/mol. The van der Waals surface area contributed by atoms with Crippen LogP contribution in [0, 0.1) is 5.92 Å². The molecule has 1 unspecified atom stereocenters. The summed E-state index contributed by atoms with van der Waals surface area (Å²) in [7, 11) is 0. The average molecular weight is 452 g/mol. The molecule has 1 N–H and O–H groups in total. The van der Waals surface area contributed by atoms with Crippen LogP contribution in [0.1, 0.15) is 74.2 Å². The maximum Gasteiger partial charge on any atom is 0.292 e. The van der Waals surface area contributed by atoms with Gasteiger partial charge in [0.1, 0.15) is 5.92 Å². The highest BCUT2D eigenvalue weighted by Gasteiger charge is 2.36. The number of fused-ring (bicyclic) bond motifs is 1. The second kappa shape index (κ2) is 12.6. The number of carbonyl (C=O) groups excluding carboxylic acids is 3. The van der Waals surface area contributed by atoms with Gasteiger partial charge in [-0.25, -0.2) is 0 Å². The standard InChI is InChI=1S/C27H33NO3S/c1-2-3-4-5-6-7-8-9-12-20-15-17-21(18-16-20)28-27(31)26(30)23-19-32-24-14-11-10-13-22(24)25(23)29/h10-11,13-18,23H,2-9,12,19H2,1H3,(H,28,31). The number of carbonyl (C=O) groups is 3. The van der Waals surface area contributed by atoms with Crippen LogP contribution in [0.25, 0.3) is 0 Å². The molecule has 1 heterocycles. The van der Waals surface area contributed by atoms with E-state index in [-0.39, 0.29) is 5.78 Å². The number of hydrogen-bond donors (Lipinski definition) is 1. The quantitative estimate of drug-likeness (QED) is 0.228. The summed E-state index contributed by atoms with van der Waals surface area (Å²) in [5, 5.41) is 2.66. The predicted octanol–water partition coefficient (Wildman–Crippen LogP) is 6.48. The molecule has 4 nitrogen and oxygen atoms in total. The highest BCUT2D eigenvalue weighted by Crippen LogP contribution is 2.33. The molecule has 32 heavy (non-hydrogen) atoms. The lowest BCUT2D eigenvalue weighted by Gasteiger charge is -2.21. The Morgan fingerprint density at radius 1 is 0.906 bits per heavy atom. The number of aryl methyl sites for hydroxylation is 1. The molecule has 2 aromatic carbocycles. The normalized spacial score (nSPS) is 15.3. The van der Waals surface area contributed by atoms with Gasteiger partial charge in [-0.15, -0.1) is 11.8 Å². The van der Waals surface area contributed by atoms with Gasteiger partial charge in [0.05, 0.1) is 0 Å². The van der Waals surface area contributed by atoms with E-state index in [1.54, 1.807) is 12.1 Å². The van der Waals surface area contributed by atoms with Gasteiger partial charge in [-0.2, -0.15) is 0 Å². The second-order valence-electron chi connectivity index (χ2n) is 8.46. The average Bonchev–Trinajstić information content (AvgIpc) is 2.82. The van der Waals surface area contributed by atoms with Crippen molar-refractivity contribution in [3.8, 4) is 0 Å². The molecular formula is C27H33NO3S. The van der Waals surface area contributed by atoms with Crippen LogP contribution in [-0.2, 0) is 16.0 Å². The van der Waals surface area contributed by atoms with Crippen molar-refractivity contribution < 1.29 is 14.4 Å². The lowest BCUT2D eigenvalue weighted by molar-refractivity contribution is -0.136. The molecule has 0 saturated carbocycles. The fourth-order valence-electron chi connectivity index (χ4n) is 4.00. The van der Waals surface area contributed by atoms with Gasteiger partial charge in [0.25, 0.3) is 5.91 Å². The molecule has 1 atom stereocenters. The van der Waals surface area contributed by atoms with Gasteiger partial charge in [-0.05, 0) is 36.6 Å². The molecule has 0 fully saturated rings. The molecule has 0 radical (unpaired) electrons. The maximum atomic E-state index is 12.7. The van der Waals surface area contributed by atoms with Gasteiger partial charge in [-0.1, -0.05) is 82.2 Å². The van der Waals surface area contributed by atoms with Crippen molar-refractivity contribution in [3.05, 3.63) is 59.7 Å². The Morgan fingerprint density at radius 2 is 1.56 bits per heavy atom. The Bertz CT molecular complexity index is 923. The summed E-state index contributed by atoms with van der Waals surface area (Å²) >= 11 is 1.45. The lowest BCUT2D eigenvalue weighted by Crippen LogP contribution is -2.37. The molecule has 0 saturated heterocycles. The van der Waals surface area contributed by atoms with Crippen LogP contribution in [0.4, 0.5) is 5.69 Å². The smallest absolute Gasteiger partial charge is 0.292 e. The van der Waals surface area contributed by atoms with E-state index in [0.29, 0.717) is 17.0 Å². The molecule has 5 heteroatoms. The third kappa shape index (κ3) is 6.80. The van der Waals surface area contributed by atoms with E-state index < -0.39 is 17.6 Å². The summed E-state index contributed by atoms with van der Waals surface area (Å²) in [6.45, 7) is 2.24. The molecule has 0 bridgehead atoms. The third-order valence-corrected chi connectivity index (χ3v) is 7.11. The summed E-state index contributed by atoms with van der Waals surface area (Å²) in [4.78, 5) is 38.6. The fraction of sp³-hybridized carbons (Fsp3) is 0.444. The van der Waals surface area contributed by atoms with Crippen LogP contribution in [0.15, 0.2) is 53.4 Å². The second-order valence-corrected chi connectivity index (χ2v) is 9.53. The zero-order chi connectivity index (χ0) is 22.8. The number of benzene rings is 2. The number of unbranched alkanes of at least 4 members (excludes halogenated alkanes) is 7. The molecule has 1 aliphatic heterocycles. The monoisotopic (exact) mass is 451 g/mol. The summed E-state index contributed by atoms with van der Waals surface area (Å²) in [5.74, 6) is -2.27. The van der Waals surface area contributed by atoms with E-state index in [0.717, 1.165) is 11.3 Å². The maximum absolute atomic E-state index is 12.7. The first-order valence-corrected chi connectivity index (χ1v) is 12.8. The van der Waals surface area contributed by atoms with Crippen LogP contribution in [0.5, 0.6) is 0 Å². The minimum atomic E-state index is -0.920. The number of nitrogens with one attached hydrogen (secondary N) is 1. The largest absolute Gasteiger partial charge is 0.319 e. The summed E-state index contributed by atoms with van der Waals surface area (Å²) in [6, 6.07) is 14.9. The van der Waals surface area contributed by atoms with E-state index in [2.05, 4.69) is 12.2 Å². The van der Waals surface area contributed by atoms with Crippen LogP contribution in [-0.4, -0.2) is 23.2 Å². The topological polar surface area (TPSA) is 63.2 Å². The van der Waals surface area contributed by atoms with E-state index >= 15 is 0 Å². The first-order valence-electron chi connectivity index (χ1n) is 11.8. The van der Waals surface area contributed by atoms with Gasteiger partial charge in [-0.3, -0.25) is 14.4 Å². The first-order chi connectivity index (χ1) is 15.6. The molecule has 0 aliphatic carbocycles. The predicted molar refractivity (Wildman–Crippen MR) is 131 cm³/mol. The van der Waals surface area contributed by atoms with Crippen LogP contribution in [0.3, 0.4) is 0 Å². The number of rotatable bonds is 12. The van der Waals surface area contributed by atoms with Crippen molar-refractivity contribution >= 4 is 34.9 Å². The number of amides is 1. The third-order valence-electron chi connectivity index (χ3n) is 5.95. The van der Waals surface area contributed by atoms with E-state index in [4.69, 9.17) is 0 Å². The van der Waals surface area contributed by atoms with Crippen molar-refractivity contribution in [2.24, 2.45) is 5.92 Å². The summed E-state index contributed by atoms with van der Waals surface area (Å²) < 4.78 is 0. The lowest BCUT2D eigenvalue weighted by atomic mass is 9.94. The first kappa shape index (κ1) is 24.2. The molecule has 0 aromatic heterocycles. The zero-order valence-corrected chi connectivity index (χ0v) is 19.7. The number of anilines is 1. The SMILES string of the molecule is CCCCCCCCCCc1ccc(NC(=O)C(=O)C2CSc3ccccc3C2=O)cc1. The van der Waals surface area contributed by atoms with Crippen LogP contribution in [0.2, 0.25) is 0 Å². The van der Waals surface area contributed by atoms with Gasteiger partial charge >= 0.3 is 0 Å². The molecule has 170 valence electrons. The Morgan fingerprint density at radius 3 is 2.28 bits per heavy atom. The number of Topliss-reactive ketones (excluding diaryl/α,β-unsaturated/α-hetero) is 2. The molecule has 1 aliphatic rings. The Kier molecular flexibility index (Phi) is 9.54. The fourth-order valence-corrected chi connectivity index (χ4v) is 5.14. The summed E-state index contributed by atoms with van der Waals surface area (Å²) in [6.07, 6.45) is 11.4. The summed E-state index contributed by atoms with van der Waals surface area (Å²) in [5.41, 5.74) is 2.34. The van der Waals surface area contributed by atoms with Crippen molar-refractivity contribution in [1.82, 2.24) is 0 Å². The number of ketones is 2. The molecule has 0 spiro atoms. The zero-order valence-electron chi connectivity index (χ0n) is 18.9. The van der Waals surface area contributed by atoms with E-state index in [1.165, 1.54) is 68.7 Å². The highest BCUT2D eigenvalue weighted by molar-refractivity contribution is 7.99. The Hall–Kier alpha value is -2.40. The van der Waals surface area contributed by atoms with Crippen LogP contribution < -0.4 is 5.32 Å². The van der Waals surface area contributed by atoms with Crippen molar-refractivity contribution in [3.63, 3.8) is 0 Å².